The summed E-state index contributed by atoms with van der Waals surface area (Å²) in [5.41, 5.74) is 2.85. The van der Waals surface area contributed by atoms with Crippen molar-refractivity contribution in [1.29, 1.82) is 0 Å². The lowest BCUT2D eigenvalue weighted by atomic mass is 10.1. The summed E-state index contributed by atoms with van der Waals surface area (Å²) in [7, 11) is 0. The van der Waals surface area contributed by atoms with Gasteiger partial charge in [0.05, 0.1) is 0 Å². The quantitative estimate of drug-likeness (QED) is 0.447. The number of hydrogen-bond acceptors (Lipinski definition) is 4. The lowest BCUT2D eigenvalue weighted by Gasteiger charge is -2.35. The standard InChI is InChI=1S/C22H24N2O2S/c1-17(25)19-6-8-20(9-7-19)23-13-15-24(16-14-23)22(26)12-5-18-3-10-21(27-2)11-4-18/h3-12H,13-16H2,1-2H3/b12-5+. The SMILES string of the molecule is CSc1ccc(/C=C/C(=O)N2CCN(c3ccc(C(C)=O)cc3)CC2)cc1. The summed E-state index contributed by atoms with van der Waals surface area (Å²) in [6.07, 6.45) is 5.58. The summed E-state index contributed by atoms with van der Waals surface area (Å²) in [5, 5.41) is 0. The van der Waals surface area contributed by atoms with Crippen LogP contribution in [0.3, 0.4) is 0 Å². The summed E-state index contributed by atoms with van der Waals surface area (Å²) in [4.78, 5) is 29.2. The molecule has 1 saturated heterocycles. The summed E-state index contributed by atoms with van der Waals surface area (Å²) >= 11 is 1.70. The fraction of sp³-hybridized carbons (Fsp3) is 0.273. The molecule has 0 N–H and O–H groups in total. The molecule has 0 radical (unpaired) electrons. The third kappa shape index (κ3) is 5.01. The molecule has 0 saturated carbocycles. The number of ketones is 1. The highest BCUT2D eigenvalue weighted by Crippen LogP contribution is 2.18. The Bertz CT molecular complexity index is 820. The van der Waals surface area contributed by atoms with E-state index in [-0.39, 0.29) is 11.7 Å². The minimum atomic E-state index is 0.0514. The van der Waals surface area contributed by atoms with E-state index in [1.165, 1.54) is 4.90 Å². The monoisotopic (exact) mass is 380 g/mol. The topological polar surface area (TPSA) is 40.6 Å². The molecular weight excluding hydrogens is 356 g/mol. The second kappa shape index (κ2) is 8.91. The number of Topliss-reactive ketones (excluding diaryl/α,β-unsaturated/α-hetero) is 1. The Labute approximate surface area is 164 Å². The number of piperazine rings is 1. The summed E-state index contributed by atoms with van der Waals surface area (Å²) in [6, 6.07) is 15.9. The second-order valence-corrected chi connectivity index (χ2v) is 7.40. The van der Waals surface area contributed by atoms with Gasteiger partial charge in [-0.15, -0.1) is 11.8 Å². The third-order valence-corrected chi connectivity index (χ3v) is 5.51. The molecule has 4 nitrogen and oxygen atoms in total. The highest BCUT2D eigenvalue weighted by atomic mass is 32.2. The summed E-state index contributed by atoms with van der Waals surface area (Å²) in [6.45, 7) is 4.55. The predicted molar refractivity (Wildman–Crippen MR) is 112 cm³/mol. The number of nitrogens with zero attached hydrogens (tertiary/aromatic N) is 2. The van der Waals surface area contributed by atoms with E-state index in [9.17, 15) is 9.59 Å². The Balaban J connectivity index is 1.54. The molecule has 0 spiro atoms. The van der Waals surface area contributed by atoms with Crippen molar-refractivity contribution in [2.45, 2.75) is 11.8 Å². The van der Waals surface area contributed by atoms with Gasteiger partial charge in [0.2, 0.25) is 5.91 Å². The van der Waals surface area contributed by atoms with Gasteiger partial charge >= 0.3 is 0 Å². The molecule has 0 bridgehead atoms. The van der Waals surface area contributed by atoms with Crippen molar-refractivity contribution in [3.8, 4) is 0 Å². The summed E-state index contributed by atoms with van der Waals surface area (Å²) < 4.78 is 0. The van der Waals surface area contributed by atoms with Gasteiger partial charge in [0, 0.05) is 48.4 Å². The zero-order valence-electron chi connectivity index (χ0n) is 15.7. The van der Waals surface area contributed by atoms with Crippen LogP contribution in [0.1, 0.15) is 22.8 Å². The van der Waals surface area contributed by atoms with E-state index in [0.29, 0.717) is 13.1 Å². The number of carbonyl (C=O) groups excluding carboxylic acids is 2. The van der Waals surface area contributed by atoms with Crippen molar-refractivity contribution < 1.29 is 9.59 Å². The maximum atomic E-state index is 12.4. The third-order valence-electron chi connectivity index (χ3n) is 4.76. The molecule has 0 atom stereocenters. The van der Waals surface area contributed by atoms with Gasteiger partial charge in [0.25, 0.3) is 0 Å². The number of carbonyl (C=O) groups is 2. The number of amides is 1. The molecule has 1 heterocycles. The van der Waals surface area contributed by atoms with Crippen molar-refractivity contribution in [1.82, 2.24) is 4.90 Å². The molecule has 27 heavy (non-hydrogen) atoms. The number of hydrogen-bond donors (Lipinski definition) is 0. The summed E-state index contributed by atoms with van der Waals surface area (Å²) in [5.74, 6) is 0.127. The highest BCUT2D eigenvalue weighted by Gasteiger charge is 2.19. The first-order valence-electron chi connectivity index (χ1n) is 9.04. The second-order valence-electron chi connectivity index (χ2n) is 6.52. The molecule has 0 aliphatic carbocycles. The lowest BCUT2D eigenvalue weighted by Crippen LogP contribution is -2.48. The van der Waals surface area contributed by atoms with Crippen LogP contribution in [0.15, 0.2) is 59.5 Å². The molecule has 5 heteroatoms. The lowest BCUT2D eigenvalue weighted by molar-refractivity contribution is -0.126. The Hall–Kier alpha value is -2.53. The van der Waals surface area contributed by atoms with Crippen molar-refractivity contribution in [2.24, 2.45) is 0 Å². The average molecular weight is 381 g/mol. The zero-order chi connectivity index (χ0) is 19.2. The Kier molecular flexibility index (Phi) is 6.35. The van der Waals surface area contributed by atoms with E-state index in [0.717, 1.165) is 29.9 Å². The minimum absolute atomic E-state index is 0.0514. The molecule has 2 aromatic carbocycles. The van der Waals surface area contributed by atoms with E-state index in [1.807, 2.05) is 53.6 Å². The predicted octanol–water partition coefficient (Wildman–Crippen LogP) is 3.97. The molecule has 1 fully saturated rings. The number of thioether (sulfide) groups is 1. The maximum absolute atomic E-state index is 12.4. The fourth-order valence-electron chi connectivity index (χ4n) is 3.08. The molecule has 0 aromatic heterocycles. The van der Waals surface area contributed by atoms with Crippen LogP contribution in [0.25, 0.3) is 6.08 Å². The van der Waals surface area contributed by atoms with Crippen LogP contribution in [0, 0.1) is 0 Å². The van der Waals surface area contributed by atoms with Crippen LogP contribution < -0.4 is 4.90 Å². The maximum Gasteiger partial charge on any atom is 0.246 e. The van der Waals surface area contributed by atoms with Crippen LogP contribution in [-0.4, -0.2) is 49.0 Å². The van der Waals surface area contributed by atoms with Gasteiger partial charge in [-0.3, -0.25) is 9.59 Å². The van der Waals surface area contributed by atoms with Crippen LogP contribution in [0.2, 0.25) is 0 Å². The van der Waals surface area contributed by atoms with E-state index >= 15 is 0 Å². The number of anilines is 1. The van der Waals surface area contributed by atoms with Crippen LogP contribution >= 0.6 is 11.8 Å². The Morgan fingerprint density at radius 1 is 0.926 bits per heavy atom. The fourth-order valence-corrected chi connectivity index (χ4v) is 3.49. The van der Waals surface area contributed by atoms with Gasteiger partial charge in [-0.2, -0.15) is 0 Å². The Morgan fingerprint density at radius 3 is 2.11 bits per heavy atom. The van der Waals surface area contributed by atoms with Gasteiger partial charge < -0.3 is 9.80 Å². The van der Waals surface area contributed by atoms with E-state index < -0.39 is 0 Å². The first-order valence-corrected chi connectivity index (χ1v) is 10.3. The minimum Gasteiger partial charge on any atom is -0.368 e. The van der Waals surface area contributed by atoms with Gasteiger partial charge in [0.15, 0.2) is 5.78 Å². The van der Waals surface area contributed by atoms with Crippen molar-refractivity contribution in [2.75, 3.05) is 37.3 Å². The first-order chi connectivity index (χ1) is 13.1. The zero-order valence-corrected chi connectivity index (χ0v) is 16.5. The average Bonchev–Trinajstić information content (AvgIpc) is 2.72. The van der Waals surface area contributed by atoms with Crippen LogP contribution in [0.5, 0.6) is 0 Å². The number of benzene rings is 2. The van der Waals surface area contributed by atoms with Crippen molar-refractivity contribution in [3.05, 3.63) is 65.7 Å². The number of rotatable bonds is 5. The van der Waals surface area contributed by atoms with Gasteiger partial charge in [-0.1, -0.05) is 12.1 Å². The van der Waals surface area contributed by atoms with Gasteiger partial charge in [-0.05, 0) is 61.2 Å². The smallest absolute Gasteiger partial charge is 0.246 e. The normalized spacial score (nSPS) is 14.6. The molecule has 140 valence electrons. The van der Waals surface area contributed by atoms with Crippen molar-refractivity contribution >= 4 is 35.2 Å². The van der Waals surface area contributed by atoms with Crippen molar-refractivity contribution in [3.63, 3.8) is 0 Å². The Morgan fingerprint density at radius 2 is 1.56 bits per heavy atom. The first kappa shape index (κ1) is 19.2. The molecule has 3 rings (SSSR count). The van der Waals surface area contributed by atoms with E-state index in [4.69, 9.17) is 0 Å². The van der Waals surface area contributed by atoms with Gasteiger partial charge in [0.1, 0.15) is 0 Å². The molecule has 2 aromatic rings. The molecular formula is C22H24N2O2S. The highest BCUT2D eigenvalue weighted by molar-refractivity contribution is 7.98. The van der Waals surface area contributed by atoms with E-state index in [2.05, 4.69) is 17.0 Å². The van der Waals surface area contributed by atoms with E-state index in [1.54, 1.807) is 24.8 Å². The molecule has 0 unspecified atom stereocenters. The molecule has 1 amide bonds. The molecule has 1 aliphatic heterocycles. The molecule has 1 aliphatic rings. The van der Waals surface area contributed by atoms with Crippen LogP contribution in [-0.2, 0) is 4.79 Å². The van der Waals surface area contributed by atoms with Gasteiger partial charge in [-0.25, -0.2) is 0 Å². The largest absolute Gasteiger partial charge is 0.368 e. The van der Waals surface area contributed by atoms with Crippen LogP contribution in [0.4, 0.5) is 5.69 Å².